The van der Waals surface area contributed by atoms with Crippen LogP contribution in [0.1, 0.15) is 10.4 Å². The van der Waals surface area contributed by atoms with Crippen molar-refractivity contribution in [3.05, 3.63) is 53.3 Å². The standard InChI is InChI=1S/C13H10ClNO2/c1-17-13(16)10-6-9(7-15-8-10)11-4-2-3-5-12(11)14/h2-8H,1H3. The molecule has 0 unspecified atom stereocenters. The van der Waals surface area contributed by atoms with Gasteiger partial charge in [0.05, 0.1) is 12.7 Å². The van der Waals surface area contributed by atoms with E-state index in [1.54, 1.807) is 18.3 Å². The van der Waals surface area contributed by atoms with E-state index in [2.05, 4.69) is 9.72 Å². The minimum Gasteiger partial charge on any atom is -0.465 e. The van der Waals surface area contributed by atoms with Crippen LogP contribution in [0.4, 0.5) is 0 Å². The van der Waals surface area contributed by atoms with Crippen molar-refractivity contribution >= 4 is 17.6 Å². The SMILES string of the molecule is COC(=O)c1cncc(-c2ccccc2Cl)c1. The number of ether oxygens (including phenoxy) is 1. The number of esters is 1. The van der Waals surface area contributed by atoms with Crippen LogP contribution in [-0.2, 0) is 4.74 Å². The molecule has 17 heavy (non-hydrogen) atoms. The topological polar surface area (TPSA) is 39.2 Å². The van der Waals surface area contributed by atoms with Crippen molar-refractivity contribution in [2.75, 3.05) is 7.11 Å². The number of hydrogen-bond donors (Lipinski definition) is 0. The van der Waals surface area contributed by atoms with E-state index >= 15 is 0 Å². The van der Waals surface area contributed by atoms with Crippen LogP contribution in [0.15, 0.2) is 42.7 Å². The van der Waals surface area contributed by atoms with Gasteiger partial charge in [0.15, 0.2) is 0 Å². The van der Waals surface area contributed by atoms with Crippen LogP contribution in [0.25, 0.3) is 11.1 Å². The first-order chi connectivity index (χ1) is 8.22. The Morgan fingerprint density at radius 3 is 2.76 bits per heavy atom. The third-order valence-electron chi connectivity index (χ3n) is 2.34. The molecule has 0 amide bonds. The Kier molecular flexibility index (Phi) is 3.40. The van der Waals surface area contributed by atoms with Crippen molar-refractivity contribution in [3.8, 4) is 11.1 Å². The van der Waals surface area contributed by atoms with Gasteiger partial charge in [-0.1, -0.05) is 29.8 Å². The zero-order chi connectivity index (χ0) is 12.3. The molecule has 1 heterocycles. The molecular formula is C13H10ClNO2. The number of benzene rings is 1. The van der Waals surface area contributed by atoms with E-state index in [1.165, 1.54) is 13.3 Å². The molecule has 1 aromatic heterocycles. The molecule has 86 valence electrons. The van der Waals surface area contributed by atoms with Gasteiger partial charge in [-0.15, -0.1) is 0 Å². The Morgan fingerprint density at radius 1 is 1.29 bits per heavy atom. The highest BCUT2D eigenvalue weighted by atomic mass is 35.5. The highest BCUT2D eigenvalue weighted by molar-refractivity contribution is 6.33. The summed E-state index contributed by atoms with van der Waals surface area (Å²) in [5.74, 6) is -0.411. The van der Waals surface area contributed by atoms with E-state index in [-0.39, 0.29) is 0 Å². The van der Waals surface area contributed by atoms with Crippen LogP contribution in [0.2, 0.25) is 5.02 Å². The molecule has 1 aromatic carbocycles. The average Bonchev–Trinajstić information content (AvgIpc) is 2.38. The second-order valence-corrected chi connectivity index (χ2v) is 3.84. The van der Waals surface area contributed by atoms with E-state index in [4.69, 9.17) is 11.6 Å². The fourth-order valence-corrected chi connectivity index (χ4v) is 1.76. The van der Waals surface area contributed by atoms with Gasteiger partial charge in [0.1, 0.15) is 0 Å². The molecular weight excluding hydrogens is 238 g/mol. The molecule has 0 spiro atoms. The number of carbonyl (C=O) groups is 1. The lowest BCUT2D eigenvalue weighted by molar-refractivity contribution is 0.0600. The molecule has 2 rings (SSSR count). The van der Waals surface area contributed by atoms with Crippen molar-refractivity contribution in [1.82, 2.24) is 4.98 Å². The van der Waals surface area contributed by atoms with Gasteiger partial charge in [0.2, 0.25) is 0 Å². The molecule has 0 aliphatic heterocycles. The van der Waals surface area contributed by atoms with E-state index in [0.29, 0.717) is 10.6 Å². The Hall–Kier alpha value is -1.87. The quantitative estimate of drug-likeness (QED) is 0.765. The molecule has 0 radical (unpaired) electrons. The van der Waals surface area contributed by atoms with Gasteiger partial charge in [0.25, 0.3) is 0 Å². The molecule has 0 fully saturated rings. The summed E-state index contributed by atoms with van der Waals surface area (Å²) in [6.07, 6.45) is 3.12. The Labute approximate surface area is 104 Å². The number of halogens is 1. The number of pyridine rings is 1. The lowest BCUT2D eigenvalue weighted by Gasteiger charge is -2.05. The Balaban J connectivity index is 2.47. The molecule has 0 atom stereocenters. The predicted molar refractivity (Wildman–Crippen MR) is 66.0 cm³/mol. The van der Waals surface area contributed by atoms with Crippen LogP contribution in [-0.4, -0.2) is 18.1 Å². The maximum absolute atomic E-state index is 11.4. The monoisotopic (exact) mass is 247 g/mol. The fourth-order valence-electron chi connectivity index (χ4n) is 1.51. The Bertz CT molecular complexity index is 555. The zero-order valence-electron chi connectivity index (χ0n) is 9.18. The summed E-state index contributed by atoms with van der Waals surface area (Å²) in [5, 5.41) is 0.622. The van der Waals surface area contributed by atoms with Gasteiger partial charge in [0, 0.05) is 28.5 Å². The highest BCUT2D eigenvalue weighted by Crippen LogP contribution is 2.27. The van der Waals surface area contributed by atoms with Gasteiger partial charge >= 0.3 is 5.97 Å². The first-order valence-electron chi connectivity index (χ1n) is 5.00. The molecule has 0 N–H and O–H groups in total. The van der Waals surface area contributed by atoms with Crippen LogP contribution in [0.3, 0.4) is 0 Å². The molecule has 0 saturated carbocycles. The molecule has 0 aliphatic carbocycles. The average molecular weight is 248 g/mol. The summed E-state index contributed by atoms with van der Waals surface area (Å²) >= 11 is 6.08. The summed E-state index contributed by atoms with van der Waals surface area (Å²) in [7, 11) is 1.34. The van der Waals surface area contributed by atoms with E-state index in [9.17, 15) is 4.79 Å². The summed E-state index contributed by atoms with van der Waals surface area (Å²) < 4.78 is 4.65. The van der Waals surface area contributed by atoms with Crippen LogP contribution >= 0.6 is 11.6 Å². The van der Waals surface area contributed by atoms with Crippen LogP contribution in [0.5, 0.6) is 0 Å². The van der Waals surface area contributed by atoms with Gasteiger partial charge in [-0.25, -0.2) is 4.79 Å². The minimum atomic E-state index is -0.411. The minimum absolute atomic E-state index is 0.407. The van der Waals surface area contributed by atoms with Crippen molar-refractivity contribution < 1.29 is 9.53 Å². The largest absolute Gasteiger partial charge is 0.465 e. The smallest absolute Gasteiger partial charge is 0.339 e. The predicted octanol–water partition coefficient (Wildman–Crippen LogP) is 3.19. The molecule has 0 aliphatic rings. The maximum atomic E-state index is 11.4. The molecule has 0 saturated heterocycles. The van der Waals surface area contributed by atoms with E-state index < -0.39 is 5.97 Å². The highest BCUT2D eigenvalue weighted by Gasteiger charge is 2.09. The van der Waals surface area contributed by atoms with E-state index in [1.807, 2.05) is 18.2 Å². The van der Waals surface area contributed by atoms with Crippen molar-refractivity contribution in [2.45, 2.75) is 0 Å². The van der Waals surface area contributed by atoms with Gasteiger partial charge in [-0.2, -0.15) is 0 Å². The number of nitrogens with zero attached hydrogens (tertiary/aromatic N) is 1. The number of aromatic nitrogens is 1. The summed E-state index contributed by atoms with van der Waals surface area (Å²) in [4.78, 5) is 15.4. The molecule has 0 bridgehead atoms. The number of hydrogen-bond acceptors (Lipinski definition) is 3. The lowest BCUT2D eigenvalue weighted by Crippen LogP contribution is -2.01. The van der Waals surface area contributed by atoms with Gasteiger partial charge < -0.3 is 4.74 Å². The lowest BCUT2D eigenvalue weighted by atomic mass is 10.1. The maximum Gasteiger partial charge on any atom is 0.339 e. The van der Waals surface area contributed by atoms with E-state index in [0.717, 1.165) is 11.1 Å². The first-order valence-corrected chi connectivity index (χ1v) is 5.38. The second-order valence-electron chi connectivity index (χ2n) is 3.43. The number of methoxy groups -OCH3 is 1. The van der Waals surface area contributed by atoms with Crippen molar-refractivity contribution in [1.29, 1.82) is 0 Å². The van der Waals surface area contributed by atoms with Crippen molar-refractivity contribution in [2.24, 2.45) is 0 Å². The number of rotatable bonds is 2. The fraction of sp³-hybridized carbons (Fsp3) is 0.0769. The van der Waals surface area contributed by atoms with Crippen LogP contribution in [0, 0.1) is 0 Å². The summed E-state index contributed by atoms with van der Waals surface area (Å²) in [6.45, 7) is 0. The third kappa shape index (κ3) is 2.45. The zero-order valence-corrected chi connectivity index (χ0v) is 9.94. The van der Waals surface area contributed by atoms with Crippen LogP contribution < -0.4 is 0 Å². The molecule has 3 nitrogen and oxygen atoms in total. The number of carbonyl (C=O) groups excluding carboxylic acids is 1. The Morgan fingerprint density at radius 2 is 2.06 bits per heavy atom. The molecule has 2 aromatic rings. The summed E-state index contributed by atoms with van der Waals surface area (Å²) in [5.41, 5.74) is 2.04. The third-order valence-corrected chi connectivity index (χ3v) is 2.67. The summed E-state index contributed by atoms with van der Waals surface area (Å²) in [6, 6.07) is 9.11. The molecule has 4 heteroatoms. The normalized spacial score (nSPS) is 10.0. The van der Waals surface area contributed by atoms with Gasteiger partial charge in [-0.3, -0.25) is 4.98 Å². The first kappa shape index (κ1) is 11.6. The second kappa shape index (κ2) is 4.97. The van der Waals surface area contributed by atoms with Crippen molar-refractivity contribution in [3.63, 3.8) is 0 Å². The van der Waals surface area contributed by atoms with Gasteiger partial charge in [-0.05, 0) is 12.1 Å².